The summed E-state index contributed by atoms with van der Waals surface area (Å²) in [6, 6.07) is 7.03. The number of hydrogen-bond acceptors (Lipinski definition) is 2. The number of halogens is 2. The van der Waals surface area contributed by atoms with E-state index in [1.165, 1.54) is 4.90 Å². The number of nitrogens with zero attached hydrogens (tertiary/aromatic N) is 1. The van der Waals surface area contributed by atoms with Crippen molar-refractivity contribution in [3.05, 3.63) is 29.8 Å². The van der Waals surface area contributed by atoms with Gasteiger partial charge in [-0.3, -0.25) is 0 Å². The van der Waals surface area contributed by atoms with Gasteiger partial charge in [-0.2, -0.15) is 0 Å². The molecule has 0 aromatic heterocycles. The molecule has 1 atom stereocenters. The highest BCUT2D eigenvalue weighted by Gasteiger charge is 2.09. The summed E-state index contributed by atoms with van der Waals surface area (Å²) in [7, 11) is 1.62. The van der Waals surface area contributed by atoms with Crippen LogP contribution in [0.5, 0.6) is 0 Å². The largest absolute Gasteiger partial charge is 0.388 e. The zero-order valence-corrected chi connectivity index (χ0v) is 9.53. The molecule has 0 aliphatic heterocycles. The fourth-order valence-electron chi connectivity index (χ4n) is 1.50. The molecule has 0 saturated carbocycles. The molecule has 1 aromatic rings. The van der Waals surface area contributed by atoms with Crippen molar-refractivity contribution < 1.29 is 13.9 Å². The van der Waals surface area contributed by atoms with Gasteiger partial charge in [0.05, 0.1) is 12.6 Å². The quantitative estimate of drug-likeness (QED) is 0.839. The van der Waals surface area contributed by atoms with Gasteiger partial charge in [0.2, 0.25) is 0 Å². The lowest BCUT2D eigenvalue weighted by Gasteiger charge is -2.19. The Morgan fingerprint density at radius 2 is 1.81 bits per heavy atom. The third kappa shape index (κ3) is 3.45. The lowest BCUT2D eigenvalue weighted by molar-refractivity contribution is 0.156. The van der Waals surface area contributed by atoms with Gasteiger partial charge in [0.15, 0.2) is 0 Å². The Bertz CT molecular complexity index is 313. The molecule has 0 bridgehead atoms. The normalized spacial score (nSPS) is 12.9. The molecule has 0 radical (unpaired) electrons. The highest BCUT2D eigenvalue weighted by Crippen LogP contribution is 2.20. The molecular weight excluding hydrogens is 212 g/mol. The van der Waals surface area contributed by atoms with E-state index in [1.807, 2.05) is 6.92 Å². The third-order valence-corrected chi connectivity index (χ3v) is 2.52. The molecule has 1 rings (SSSR count). The van der Waals surface area contributed by atoms with Crippen LogP contribution in [-0.4, -0.2) is 25.1 Å². The Balaban J connectivity index is 2.70. The van der Waals surface area contributed by atoms with E-state index in [2.05, 4.69) is 0 Å². The van der Waals surface area contributed by atoms with Crippen molar-refractivity contribution in [2.24, 2.45) is 0 Å². The maximum atomic E-state index is 12.2. The molecule has 0 aliphatic carbocycles. The first-order chi connectivity index (χ1) is 7.54. The lowest BCUT2D eigenvalue weighted by Crippen LogP contribution is -2.23. The minimum atomic E-state index is -2.34. The van der Waals surface area contributed by atoms with E-state index in [0.717, 1.165) is 11.3 Å². The van der Waals surface area contributed by atoms with Gasteiger partial charge in [-0.1, -0.05) is 19.1 Å². The van der Waals surface area contributed by atoms with Crippen molar-refractivity contribution >= 4 is 5.69 Å². The molecule has 0 saturated heterocycles. The lowest BCUT2D eigenvalue weighted by atomic mass is 10.1. The number of aliphatic hydroxyl groups excluding tert-OH is 1. The fourth-order valence-corrected chi connectivity index (χ4v) is 1.50. The van der Waals surface area contributed by atoms with E-state index in [1.54, 1.807) is 31.3 Å². The molecule has 0 heterocycles. The molecule has 16 heavy (non-hydrogen) atoms. The first kappa shape index (κ1) is 12.9. The van der Waals surface area contributed by atoms with Crippen molar-refractivity contribution in [1.29, 1.82) is 0 Å². The molecular formula is C12H17F2NO. The fraction of sp³-hybridized carbons (Fsp3) is 0.500. The van der Waals surface area contributed by atoms with Crippen LogP contribution in [0, 0.1) is 0 Å². The van der Waals surface area contributed by atoms with Crippen molar-refractivity contribution in [3.63, 3.8) is 0 Å². The Morgan fingerprint density at radius 3 is 2.25 bits per heavy atom. The monoisotopic (exact) mass is 229 g/mol. The predicted octanol–water partition coefficient (Wildman–Crippen LogP) is 2.83. The highest BCUT2D eigenvalue weighted by molar-refractivity contribution is 5.47. The zero-order chi connectivity index (χ0) is 12.1. The molecule has 0 spiro atoms. The molecule has 0 fully saturated rings. The van der Waals surface area contributed by atoms with E-state index in [4.69, 9.17) is 0 Å². The molecule has 0 aliphatic rings. The zero-order valence-electron chi connectivity index (χ0n) is 9.53. The van der Waals surface area contributed by atoms with Gasteiger partial charge >= 0.3 is 0 Å². The maximum absolute atomic E-state index is 12.2. The van der Waals surface area contributed by atoms with Crippen molar-refractivity contribution in [3.8, 4) is 0 Å². The van der Waals surface area contributed by atoms with E-state index in [-0.39, 0.29) is 6.54 Å². The van der Waals surface area contributed by atoms with Gasteiger partial charge in [0, 0.05) is 12.7 Å². The number of benzene rings is 1. The maximum Gasteiger partial charge on any atom is 0.255 e. The van der Waals surface area contributed by atoms with Gasteiger partial charge in [-0.25, -0.2) is 8.78 Å². The van der Waals surface area contributed by atoms with Gasteiger partial charge in [-0.05, 0) is 24.1 Å². The average molecular weight is 229 g/mol. The molecule has 2 nitrogen and oxygen atoms in total. The minimum Gasteiger partial charge on any atom is -0.388 e. The van der Waals surface area contributed by atoms with Gasteiger partial charge in [0.1, 0.15) is 0 Å². The van der Waals surface area contributed by atoms with Crippen LogP contribution in [-0.2, 0) is 0 Å². The Kier molecular flexibility index (Phi) is 4.68. The van der Waals surface area contributed by atoms with E-state index in [9.17, 15) is 13.9 Å². The Morgan fingerprint density at radius 1 is 1.25 bits per heavy atom. The Hall–Kier alpha value is -1.16. The van der Waals surface area contributed by atoms with Gasteiger partial charge in [-0.15, -0.1) is 0 Å². The van der Waals surface area contributed by atoms with Crippen LogP contribution in [0.25, 0.3) is 0 Å². The second-order valence-electron chi connectivity index (χ2n) is 3.79. The van der Waals surface area contributed by atoms with Crippen LogP contribution in [0.4, 0.5) is 14.5 Å². The van der Waals surface area contributed by atoms with Crippen LogP contribution in [0.15, 0.2) is 24.3 Å². The SMILES string of the molecule is CC[C@@H](O)c1ccc(N(C)CC(F)F)cc1. The molecule has 0 amide bonds. The van der Waals surface area contributed by atoms with Crippen molar-refractivity contribution in [2.75, 3.05) is 18.5 Å². The summed E-state index contributed by atoms with van der Waals surface area (Å²) in [4.78, 5) is 1.49. The van der Waals surface area contributed by atoms with E-state index >= 15 is 0 Å². The molecule has 90 valence electrons. The summed E-state index contributed by atoms with van der Waals surface area (Å²) < 4.78 is 24.3. The minimum absolute atomic E-state index is 0.282. The summed E-state index contributed by atoms with van der Waals surface area (Å²) in [6.45, 7) is 1.61. The summed E-state index contributed by atoms with van der Waals surface area (Å²) in [5, 5.41) is 9.57. The van der Waals surface area contributed by atoms with Crippen molar-refractivity contribution in [1.82, 2.24) is 0 Å². The first-order valence-electron chi connectivity index (χ1n) is 5.32. The molecule has 4 heteroatoms. The highest BCUT2D eigenvalue weighted by atomic mass is 19.3. The van der Waals surface area contributed by atoms with E-state index in [0.29, 0.717) is 6.42 Å². The standard InChI is InChI=1S/C12H17F2NO/c1-3-11(16)9-4-6-10(7-5-9)15(2)8-12(13)14/h4-7,11-12,16H,3,8H2,1-2H3/t11-/m1/s1. The summed E-state index contributed by atoms with van der Waals surface area (Å²) >= 11 is 0. The van der Waals surface area contributed by atoms with Crippen LogP contribution in [0.1, 0.15) is 25.0 Å². The average Bonchev–Trinajstić information content (AvgIpc) is 2.27. The van der Waals surface area contributed by atoms with Gasteiger partial charge in [0.25, 0.3) is 6.43 Å². The van der Waals surface area contributed by atoms with Crippen molar-refractivity contribution in [2.45, 2.75) is 25.9 Å². The predicted molar refractivity (Wildman–Crippen MR) is 61.0 cm³/mol. The second-order valence-corrected chi connectivity index (χ2v) is 3.79. The topological polar surface area (TPSA) is 23.5 Å². The van der Waals surface area contributed by atoms with Crippen LogP contribution >= 0.6 is 0 Å². The smallest absolute Gasteiger partial charge is 0.255 e. The number of anilines is 1. The number of hydrogen-bond donors (Lipinski definition) is 1. The summed E-state index contributed by atoms with van der Waals surface area (Å²) in [5.41, 5.74) is 1.55. The summed E-state index contributed by atoms with van der Waals surface area (Å²) in [6.07, 6.45) is -2.17. The third-order valence-electron chi connectivity index (χ3n) is 2.52. The number of rotatable bonds is 5. The van der Waals surface area contributed by atoms with Crippen LogP contribution < -0.4 is 4.90 Å². The second kappa shape index (κ2) is 5.80. The molecule has 1 N–H and O–H groups in total. The van der Waals surface area contributed by atoms with Crippen LogP contribution in [0.2, 0.25) is 0 Å². The number of alkyl halides is 2. The Labute approximate surface area is 94.5 Å². The molecule has 0 unspecified atom stereocenters. The number of aliphatic hydroxyl groups is 1. The molecule has 1 aromatic carbocycles. The van der Waals surface area contributed by atoms with E-state index < -0.39 is 12.5 Å². The summed E-state index contributed by atoms with van der Waals surface area (Å²) in [5.74, 6) is 0. The van der Waals surface area contributed by atoms with Crippen LogP contribution in [0.3, 0.4) is 0 Å². The first-order valence-corrected chi connectivity index (χ1v) is 5.32. The van der Waals surface area contributed by atoms with Gasteiger partial charge < -0.3 is 10.0 Å².